The molecule has 0 bridgehead atoms. The molecule has 8 heteroatoms. The maximum Gasteiger partial charge on any atom is 0.191 e. The van der Waals surface area contributed by atoms with Crippen molar-refractivity contribution in [1.29, 1.82) is 0 Å². The van der Waals surface area contributed by atoms with Gasteiger partial charge in [0.2, 0.25) is 0 Å². The Balaban J connectivity index is 1.96. The summed E-state index contributed by atoms with van der Waals surface area (Å²) >= 11 is 0. The van der Waals surface area contributed by atoms with Crippen molar-refractivity contribution < 1.29 is 24.1 Å². The van der Waals surface area contributed by atoms with E-state index in [1.54, 1.807) is 14.2 Å². The minimum absolute atomic E-state index is 0.0495. The molecule has 0 aliphatic heterocycles. The molecule has 2 aromatic carbocycles. The molecule has 31 heavy (non-hydrogen) atoms. The molecule has 0 spiro atoms. The fourth-order valence-electron chi connectivity index (χ4n) is 2.81. The van der Waals surface area contributed by atoms with Crippen molar-refractivity contribution in [2.24, 2.45) is 4.99 Å². The number of aliphatic imine (C=N–C) groups is 1. The molecule has 0 saturated heterocycles. The highest BCUT2D eigenvalue weighted by Gasteiger charge is 2.10. The Hall–Kier alpha value is -3.13. The Morgan fingerprint density at radius 2 is 1.74 bits per heavy atom. The van der Waals surface area contributed by atoms with Crippen LogP contribution in [0.1, 0.15) is 19.4 Å². The van der Waals surface area contributed by atoms with E-state index < -0.39 is 0 Å². The van der Waals surface area contributed by atoms with Crippen LogP contribution in [-0.2, 0) is 6.54 Å². The zero-order chi connectivity index (χ0) is 22.5. The van der Waals surface area contributed by atoms with Gasteiger partial charge in [-0.1, -0.05) is 18.2 Å². The molecular weight excluding hydrogens is 398 g/mol. The van der Waals surface area contributed by atoms with Gasteiger partial charge in [0.1, 0.15) is 12.7 Å². The topological polar surface area (TPSA) is 93.6 Å². The Kier molecular flexibility index (Phi) is 10.3. The summed E-state index contributed by atoms with van der Waals surface area (Å²) in [7, 11) is 3.21. The highest BCUT2D eigenvalue weighted by atomic mass is 16.5. The number of hydrogen-bond donors (Lipinski definition) is 3. The summed E-state index contributed by atoms with van der Waals surface area (Å²) in [4.78, 5) is 4.64. The molecule has 3 N–H and O–H groups in total. The van der Waals surface area contributed by atoms with Crippen LogP contribution in [0.5, 0.6) is 23.0 Å². The Labute approximate surface area is 184 Å². The van der Waals surface area contributed by atoms with E-state index in [1.165, 1.54) is 0 Å². The molecule has 8 nitrogen and oxygen atoms in total. The molecule has 0 saturated carbocycles. The number of aliphatic hydroxyl groups is 1. The van der Waals surface area contributed by atoms with E-state index in [1.807, 2.05) is 56.3 Å². The molecule has 0 aliphatic carbocycles. The number of ether oxygens (including phenoxy) is 4. The summed E-state index contributed by atoms with van der Waals surface area (Å²) in [6, 6.07) is 13.2. The summed E-state index contributed by atoms with van der Waals surface area (Å²) in [5.74, 6) is 3.30. The first-order chi connectivity index (χ1) is 15.1. The maximum atomic E-state index is 8.93. The molecule has 0 heterocycles. The standard InChI is InChI=1S/C23H33N3O5/c1-5-24-23(25-15-17(2)31-21-9-7-6-8-19(21)28-3)26-16-18-10-11-20(30-13-12-27)22(14-18)29-4/h6-11,14,17,27H,5,12-13,15-16H2,1-4H3,(H2,24,25,26). The largest absolute Gasteiger partial charge is 0.493 e. The molecule has 170 valence electrons. The predicted molar refractivity (Wildman–Crippen MR) is 121 cm³/mol. The van der Waals surface area contributed by atoms with Crippen LogP contribution in [0.2, 0.25) is 0 Å². The van der Waals surface area contributed by atoms with Crippen LogP contribution in [-0.4, -0.2) is 57.7 Å². The molecule has 0 fully saturated rings. The monoisotopic (exact) mass is 431 g/mol. The van der Waals surface area contributed by atoms with E-state index in [0.29, 0.717) is 42.0 Å². The third kappa shape index (κ3) is 7.90. The highest BCUT2D eigenvalue weighted by molar-refractivity contribution is 5.79. The zero-order valence-corrected chi connectivity index (χ0v) is 18.7. The van der Waals surface area contributed by atoms with Crippen molar-refractivity contribution >= 4 is 5.96 Å². The van der Waals surface area contributed by atoms with Gasteiger partial charge in [0, 0.05) is 6.54 Å². The summed E-state index contributed by atoms with van der Waals surface area (Å²) in [6.07, 6.45) is -0.0943. The first-order valence-electron chi connectivity index (χ1n) is 10.3. The molecule has 2 aromatic rings. The predicted octanol–water partition coefficient (Wildman–Crippen LogP) is 2.60. The number of guanidine groups is 1. The normalized spacial score (nSPS) is 12.1. The van der Waals surface area contributed by atoms with Gasteiger partial charge in [0.15, 0.2) is 29.0 Å². The third-order valence-corrected chi connectivity index (χ3v) is 4.30. The van der Waals surface area contributed by atoms with E-state index in [-0.39, 0.29) is 19.3 Å². The lowest BCUT2D eigenvalue weighted by molar-refractivity contribution is 0.196. The lowest BCUT2D eigenvalue weighted by Crippen LogP contribution is -2.41. The van der Waals surface area contributed by atoms with Crippen LogP contribution < -0.4 is 29.6 Å². The van der Waals surface area contributed by atoms with E-state index in [9.17, 15) is 0 Å². The van der Waals surface area contributed by atoms with Crippen LogP contribution in [0.25, 0.3) is 0 Å². The number of nitrogens with one attached hydrogen (secondary N) is 2. The number of rotatable bonds is 12. The second-order valence-electron chi connectivity index (χ2n) is 6.71. The SMILES string of the molecule is CCNC(=NCc1ccc(OCCO)c(OC)c1)NCC(C)Oc1ccccc1OC. The summed E-state index contributed by atoms with van der Waals surface area (Å²) < 4.78 is 22.2. The molecule has 0 amide bonds. The van der Waals surface area contributed by atoms with Gasteiger partial charge in [0.05, 0.1) is 33.9 Å². The van der Waals surface area contributed by atoms with Gasteiger partial charge in [-0.25, -0.2) is 4.99 Å². The number of methoxy groups -OCH3 is 2. The third-order valence-electron chi connectivity index (χ3n) is 4.30. The first-order valence-corrected chi connectivity index (χ1v) is 10.3. The highest BCUT2D eigenvalue weighted by Crippen LogP contribution is 2.28. The second-order valence-corrected chi connectivity index (χ2v) is 6.71. The minimum atomic E-state index is -0.0943. The van der Waals surface area contributed by atoms with Gasteiger partial charge >= 0.3 is 0 Å². The van der Waals surface area contributed by atoms with Crippen LogP contribution in [0.15, 0.2) is 47.5 Å². The number of aliphatic hydroxyl groups excluding tert-OH is 1. The molecule has 0 radical (unpaired) electrons. The molecule has 0 aromatic heterocycles. The van der Waals surface area contributed by atoms with Gasteiger partial charge in [-0.3, -0.25) is 0 Å². The van der Waals surface area contributed by atoms with E-state index in [4.69, 9.17) is 24.1 Å². The Morgan fingerprint density at radius 1 is 1.00 bits per heavy atom. The summed E-state index contributed by atoms with van der Waals surface area (Å²) in [6.45, 7) is 5.95. The molecule has 1 unspecified atom stereocenters. The van der Waals surface area contributed by atoms with Gasteiger partial charge in [-0.2, -0.15) is 0 Å². The zero-order valence-electron chi connectivity index (χ0n) is 18.7. The number of hydrogen-bond acceptors (Lipinski definition) is 6. The lowest BCUT2D eigenvalue weighted by Gasteiger charge is -2.19. The minimum Gasteiger partial charge on any atom is -0.493 e. The van der Waals surface area contributed by atoms with Crippen LogP contribution >= 0.6 is 0 Å². The number of nitrogens with zero attached hydrogens (tertiary/aromatic N) is 1. The molecule has 1 atom stereocenters. The van der Waals surface area contributed by atoms with Crippen LogP contribution in [0.4, 0.5) is 0 Å². The number of benzene rings is 2. The molecule has 0 aliphatic rings. The van der Waals surface area contributed by atoms with Crippen LogP contribution in [0, 0.1) is 0 Å². The van der Waals surface area contributed by atoms with Crippen molar-refractivity contribution in [3.8, 4) is 23.0 Å². The summed E-state index contributed by atoms with van der Waals surface area (Å²) in [5, 5.41) is 15.5. The second kappa shape index (κ2) is 13.2. The first kappa shape index (κ1) is 24.1. The smallest absolute Gasteiger partial charge is 0.191 e. The Bertz CT molecular complexity index is 829. The van der Waals surface area contributed by atoms with Crippen molar-refractivity contribution in [3.05, 3.63) is 48.0 Å². The fraction of sp³-hybridized carbons (Fsp3) is 0.435. The average molecular weight is 432 g/mol. The molecular formula is C23H33N3O5. The summed E-state index contributed by atoms with van der Waals surface area (Å²) in [5.41, 5.74) is 0.976. The van der Waals surface area contributed by atoms with E-state index in [0.717, 1.165) is 12.1 Å². The Morgan fingerprint density at radius 3 is 2.42 bits per heavy atom. The van der Waals surface area contributed by atoms with E-state index in [2.05, 4.69) is 15.6 Å². The molecule has 2 rings (SSSR count). The van der Waals surface area contributed by atoms with E-state index >= 15 is 0 Å². The number of para-hydroxylation sites is 2. The fourth-order valence-corrected chi connectivity index (χ4v) is 2.81. The average Bonchev–Trinajstić information content (AvgIpc) is 2.80. The van der Waals surface area contributed by atoms with Gasteiger partial charge in [-0.05, 0) is 43.7 Å². The maximum absolute atomic E-state index is 8.93. The van der Waals surface area contributed by atoms with Crippen molar-refractivity contribution in [2.75, 3.05) is 40.5 Å². The van der Waals surface area contributed by atoms with Gasteiger partial charge in [-0.15, -0.1) is 0 Å². The van der Waals surface area contributed by atoms with Crippen molar-refractivity contribution in [1.82, 2.24) is 10.6 Å². The van der Waals surface area contributed by atoms with Crippen molar-refractivity contribution in [2.45, 2.75) is 26.5 Å². The van der Waals surface area contributed by atoms with Crippen molar-refractivity contribution in [3.63, 3.8) is 0 Å². The lowest BCUT2D eigenvalue weighted by atomic mass is 10.2. The van der Waals surface area contributed by atoms with Crippen LogP contribution in [0.3, 0.4) is 0 Å². The van der Waals surface area contributed by atoms with Gasteiger partial charge in [0.25, 0.3) is 0 Å². The quantitative estimate of drug-likeness (QED) is 0.351. The van der Waals surface area contributed by atoms with Gasteiger partial charge < -0.3 is 34.7 Å².